The smallest absolute Gasteiger partial charge is 0.228 e. The van der Waals surface area contributed by atoms with E-state index in [9.17, 15) is 9.59 Å². The summed E-state index contributed by atoms with van der Waals surface area (Å²) < 4.78 is 0. The number of nitrogens with zero attached hydrogens (tertiary/aromatic N) is 3. The van der Waals surface area contributed by atoms with Crippen molar-refractivity contribution < 1.29 is 9.59 Å². The summed E-state index contributed by atoms with van der Waals surface area (Å²) in [6, 6.07) is 8.07. The molecule has 2 saturated heterocycles. The summed E-state index contributed by atoms with van der Waals surface area (Å²) in [6.07, 6.45) is 2.88. The molecule has 1 aromatic carbocycles. The Bertz CT molecular complexity index is 661. The lowest BCUT2D eigenvalue weighted by Gasteiger charge is -2.34. The molecule has 0 radical (unpaired) electrons. The average Bonchev–Trinajstić information content (AvgIpc) is 3.27. The first-order chi connectivity index (χ1) is 12.6. The summed E-state index contributed by atoms with van der Waals surface area (Å²) >= 11 is 0. The molecule has 3 fully saturated rings. The summed E-state index contributed by atoms with van der Waals surface area (Å²) in [5, 5.41) is 2.98. The highest BCUT2D eigenvalue weighted by Gasteiger charge is 2.49. The van der Waals surface area contributed by atoms with Crippen molar-refractivity contribution in [2.24, 2.45) is 11.8 Å². The number of hydrogen-bond donors (Lipinski definition) is 1. The lowest BCUT2D eigenvalue weighted by molar-refractivity contribution is -0.133. The number of anilines is 2. The van der Waals surface area contributed by atoms with Gasteiger partial charge in [-0.2, -0.15) is 0 Å². The topological polar surface area (TPSA) is 55.9 Å². The highest BCUT2D eigenvalue weighted by atomic mass is 16.2. The maximum absolute atomic E-state index is 12.4. The van der Waals surface area contributed by atoms with E-state index in [0.717, 1.165) is 57.8 Å². The first-order valence-electron chi connectivity index (χ1n) is 9.75. The average molecular weight is 356 g/mol. The van der Waals surface area contributed by atoms with Crippen LogP contribution in [0.4, 0.5) is 11.4 Å². The lowest BCUT2D eigenvalue weighted by Crippen LogP contribution is -2.44. The Balaban J connectivity index is 1.29. The minimum atomic E-state index is -0.152. The third-order valence-corrected chi connectivity index (χ3v) is 5.87. The molecular weight excluding hydrogens is 328 g/mol. The van der Waals surface area contributed by atoms with Gasteiger partial charge in [0.05, 0.1) is 11.8 Å². The summed E-state index contributed by atoms with van der Waals surface area (Å²) in [6.45, 7) is 5.93. The fourth-order valence-electron chi connectivity index (χ4n) is 3.98. The van der Waals surface area contributed by atoms with Gasteiger partial charge in [0.25, 0.3) is 0 Å². The van der Waals surface area contributed by atoms with Crippen LogP contribution in [-0.4, -0.2) is 67.9 Å². The van der Waals surface area contributed by atoms with E-state index in [0.29, 0.717) is 6.42 Å². The Morgan fingerprint density at radius 1 is 0.923 bits per heavy atom. The highest BCUT2D eigenvalue weighted by Crippen LogP contribution is 2.41. The second-order valence-electron chi connectivity index (χ2n) is 7.81. The van der Waals surface area contributed by atoms with Crippen LogP contribution < -0.4 is 10.2 Å². The van der Waals surface area contributed by atoms with Gasteiger partial charge in [0.2, 0.25) is 11.8 Å². The van der Waals surface area contributed by atoms with Crippen molar-refractivity contribution in [3.63, 3.8) is 0 Å². The van der Waals surface area contributed by atoms with Crippen LogP contribution >= 0.6 is 0 Å². The molecule has 2 unspecified atom stereocenters. The van der Waals surface area contributed by atoms with E-state index in [-0.39, 0.29) is 23.7 Å². The predicted octanol–water partition coefficient (Wildman–Crippen LogP) is 1.64. The van der Waals surface area contributed by atoms with Gasteiger partial charge in [-0.05, 0) is 50.6 Å². The third-order valence-electron chi connectivity index (χ3n) is 5.87. The Morgan fingerprint density at radius 3 is 2.23 bits per heavy atom. The second kappa shape index (κ2) is 7.27. The summed E-state index contributed by atoms with van der Waals surface area (Å²) in [5.74, 6) is -0.0962. The van der Waals surface area contributed by atoms with E-state index in [1.54, 1.807) is 0 Å². The molecule has 0 spiro atoms. The molecule has 140 valence electrons. The maximum Gasteiger partial charge on any atom is 0.228 e. The molecule has 26 heavy (non-hydrogen) atoms. The maximum atomic E-state index is 12.4. The van der Waals surface area contributed by atoms with Gasteiger partial charge in [-0.1, -0.05) is 0 Å². The SMILES string of the molecule is CN1CCN(c2ccc(NC(=O)C3CC3C(=O)N3CCCC3)cc2)CC1. The lowest BCUT2D eigenvalue weighted by atomic mass is 10.2. The van der Waals surface area contributed by atoms with Crippen molar-refractivity contribution in [3.8, 4) is 0 Å². The molecular formula is C20H28N4O2. The standard InChI is InChI=1S/C20H28N4O2/c1-22-10-12-23(13-11-22)16-6-4-15(5-7-16)21-19(25)17-14-18(17)20(26)24-8-2-3-9-24/h4-7,17-18H,2-3,8-14H2,1H3,(H,21,25). The van der Waals surface area contributed by atoms with E-state index in [1.807, 2.05) is 17.0 Å². The quantitative estimate of drug-likeness (QED) is 0.891. The number of amides is 2. The van der Waals surface area contributed by atoms with Crippen LogP contribution in [0.3, 0.4) is 0 Å². The Morgan fingerprint density at radius 2 is 1.58 bits per heavy atom. The predicted molar refractivity (Wildman–Crippen MR) is 102 cm³/mol. The van der Waals surface area contributed by atoms with Gasteiger partial charge in [-0.25, -0.2) is 0 Å². The van der Waals surface area contributed by atoms with Crippen molar-refractivity contribution in [2.75, 3.05) is 56.5 Å². The molecule has 1 saturated carbocycles. The van der Waals surface area contributed by atoms with Gasteiger partial charge in [0.15, 0.2) is 0 Å². The molecule has 0 bridgehead atoms. The Hall–Kier alpha value is -2.08. The van der Waals surface area contributed by atoms with Gasteiger partial charge in [0.1, 0.15) is 0 Å². The van der Waals surface area contributed by atoms with E-state index >= 15 is 0 Å². The summed E-state index contributed by atoms with van der Waals surface area (Å²) in [7, 11) is 2.15. The van der Waals surface area contributed by atoms with Crippen molar-refractivity contribution in [1.82, 2.24) is 9.80 Å². The molecule has 6 nitrogen and oxygen atoms in total. The van der Waals surface area contributed by atoms with Gasteiger partial charge < -0.3 is 20.0 Å². The molecule has 1 N–H and O–H groups in total. The van der Waals surface area contributed by atoms with E-state index < -0.39 is 0 Å². The van der Waals surface area contributed by atoms with Gasteiger partial charge in [-0.3, -0.25) is 9.59 Å². The van der Waals surface area contributed by atoms with Crippen LogP contribution in [-0.2, 0) is 9.59 Å². The summed E-state index contributed by atoms with van der Waals surface area (Å²) in [4.78, 5) is 31.4. The molecule has 2 heterocycles. The Labute approximate surface area is 155 Å². The molecule has 0 aromatic heterocycles. The number of carbonyl (C=O) groups excluding carboxylic acids is 2. The van der Waals surface area contributed by atoms with Crippen molar-refractivity contribution in [1.29, 1.82) is 0 Å². The fourth-order valence-corrected chi connectivity index (χ4v) is 3.98. The number of hydrogen-bond acceptors (Lipinski definition) is 4. The van der Waals surface area contributed by atoms with Crippen molar-refractivity contribution in [2.45, 2.75) is 19.3 Å². The van der Waals surface area contributed by atoms with Crippen LogP contribution in [0.2, 0.25) is 0 Å². The minimum Gasteiger partial charge on any atom is -0.369 e. The Kier molecular flexibility index (Phi) is 4.85. The van der Waals surface area contributed by atoms with Crippen LogP contribution in [0.25, 0.3) is 0 Å². The second-order valence-corrected chi connectivity index (χ2v) is 7.81. The zero-order chi connectivity index (χ0) is 18.1. The van der Waals surface area contributed by atoms with Crippen molar-refractivity contribution >= 4 is 23.2 Å². The fraction of sp³-hybridized carbons (Fsp3) is 0.600. The van der Waals surface area contributed by atoms with E-state index in [4.69, 9.17) is 0 Å². The van der Waals surface area contributed by atoms with E-state index in [2.05, 4.69) is 34.3 Å². The van der Waals surface area contributed by atoms with Crippen LogP contribution in [0.1, 0.15) is 19.3 Å². The number of likely N-dealkylation sites (N-methyl/N-ethyl adjacent to an activating group) is 1. The third kappa shape index (κ3) is 3.70. The van der Waals surface area contributed by atoms with Crippen LogP contribution in [0.15, 0.2) is 24.3 Å². The number of benzene rings is 1. The monoisotopic (exact) mass is 356 g/mol. The number of likely N-dealkylation sites (tertiary alicyclic amines) is 1. The normalized spacial score (nSPS) is 26.0. The van der Waals surface area contributed by atoms with Crippen LogP contribution in [0, 0.1) is 11.8 Å². The minimum absolute atomic E-state index is 0.0186. The van der Waals surface area contributed by atoms with Gasteiger partial charge in [0, 0.05) is 50.6 Å². The first-order valence-corrected chi connectivity index (χ1v) is 9.75. The molecule has 2 aliphatic heterocycles. The number of piperazine rings is 1. The molecule has 1 aromatic rings. The molecule has 2 amide bonds. The number of nitrogens with one attached hydrogen (secondary N) is 1. The van der Waals surface area contributed by atoms with Gasteiger partial charge >= 0.3 is 0 Å². The molecule has 1 aliphatic carbocycles. The molecule has 2 atom stereocenters. The number of carbonyl (C=O) groups is 2. The molecule has 6 heteroatoms. The van der Waals surface area contributed by atoms with Gasteiger partial charge in [-0.15, -0.1) is 0 Å². The largest absolute Gasteiger partial charge is 0.369 e. The first kappa shape index (κ1) is 17.3. The summed E-state index contributed by atoms with van der Waals surface area (Å²) in [5.41, 5.74) is 2.01. The zero-order valence-corrected chi connectivity index (χ0v) is 15.5. The highest BCUT2D eigenvalue weighted by molar-refractivity contribution is 5.99. The number of rotatable bonds is 4. The zero-order valence-electron chi connectivity index (χ0n) is 15.5. The van der Waals surface area contributed by atoms with E-state index in [1.165, 1.54) is 5.69 Å². The van der Waals surface area contributed by atoms with Crippen LogP contribution in [0.5, 0.6) is 0 Å². The van der Waals surface area contributed by atoms with Crippen molar-refractivity contribution in [3.05, 3.63) is 24.3 Å². The molecule has 3 aliphatic rings. The molecule has 4 rings (SSSR count).